The highest BCUT2D eigenvalue weighted by atomic mass is 31.1. The Morgan fingerprint density at radius 2 is 1.50 bits per heavy atom. The zero-order valence-electron chi connectivity index (χ0n) is 15.5. The minimum atomic E-state index is -0.936. The maximum atomic E-state index is 13.3. The van der Waals surface area contributed by atoms with Crippen LogP contribution in [0.4, 0.5) is 4.79 Å². The first kappa shape index (κ1) is 18.6. The van der Waals surface area contributed by atoms with Crippen LogP contribution in [0.3, 0.4) is 0 Å². The highest BCUT2D eigenvalue weighted by Gasteiger charge is 2.49. The Morgan fingerprint density at radius 1 is 1.04 bits per heavy atom. The van der Waals surface area contributed by atoms with Crippen molar-refractivity contribution in [3.8, 4) is 0 Å². The Morgan fingerprint density at radius 3 is 1.88 bits per heavy atom. The molecule has 1 heterocycles. The van der Waals surface area contributed by atoms with E-state index >= 15 is 0 Å². The molecule has 2 aromatic rings. The second-order valence-electron chi connectivity index (χ2n) is 7.07. The smallest absolute Gasteiger partial charge is 0.417 e. The third kappa shape index (κ3) is 3.39. The van der Waals surface area contributed by atoms with E-state index in [4.69, 9.17) is 4.74 Å². The van der Waals surface area contributed by atoms with Gasteiger partial charge in [-0.3, -0.25) is 4.79 Å². The summed E-state index contributed by atoms with van der Waals surface area (Å²) < 4.78 is 5.41. The van der Waals surface area contributed by atoms with Crippen LogP contribution in [0.2, 0.25) is 0 Å². The van der Waals surface area contributed by atoms with Gasteiger partial charge in [-0.05, 0) is 46.2 Å². The molecule has 136 valence electrons. The van der Waals surface area contributed by atoms with E-state index < -0.39 is 19.6 Å². The zero-order valence-corrected chi connectivity index (χ0v) is 16.4. The summed E-state index contributed by atoms with van der Waals surface area (Å²) in [5.74, 6) is -0.174. The Bertz CT molecular complexity index is 752. The molecular weight excluding hydrogens is 345 g/mol. The van der Waals surface area contributed by atoms with Gasteiger partial charge in [0.15, 0.2) is 0 Å². The van der Waals surface area contributed by atoms with Crippen LogP contribution in [0, 0.1) is 0 Å². The van der Waals surface area contributed by atoms with Crippen molar-refractivity contribution in [3.05, 3.63) is 60.7 Å². The Kier molecular flexibility index (Phi) is 5.15. The lowest BCUT2D eigenvalue weighted by molar-refractivity contribution is -0.128. The average Bonchev–Trinajstić information content (AvgIpc) is 2.83. The molecule has 0 spiro atoms. The molecule has 0 bridgehead atoms. The molecule has 0 aromatic heterocycles. The van der Waals surface area contributed by atoms with Gasteiger partial charge in [-0.2, -0.15) is 0 Å². The number of carbonyl (C=O) groups excluding carboxylic acids is 2. The number of amides is 2. The van der Waals surface area contributed by atoms with Gasteiger partial charge in [-0.15, -0.1) is 0 Å². The molecule has 0 radical (unpaired) electrons. The summed E-state index contributed by atoms with van der Waals surface area (Å²) in [6.07, 6.45) is -0.546. The molecule has 5 heteroatoms. The average molecular weight is 369 g/mol. The third-order valence-corrected chi connectivity index (χ3v) is 7.70. The molecule has 1 aliphatic heterocycles. The predicted octanol–water partition coefficient (Wildman–Crippen LogP) is 3.65. The maximum Gasteiger partial charge on any atom is 0.417 e. The van der Waals surface area contributed by atoms with Crippen molar-refractivity contribution in [3.63, 3.8) is 0 Å². The van der Waals surface area contributed by atoms with E-state index in [9.17, 15) is 9.59 Å². The molecule has 2 atom stereocenters. The van der Waals surface area contributed by atoms with Crippen LogP contribution in [0.15, 0.2) is 60.7 Å². The van der Waals surface area contributed by atoms with Crippen molar-refractivity contribution in [1.82, 2.24) is 4.90 Å². The van der Waals surface area contributed by atoms with Crippen molar-refractivity contribution in [2.24, 2.45) is 0 Å². The molecule has 4 nitrogen and oxygen atoms in total. The number of benzene rings is 2. The minimum Gasteiger partial charge on any atom is -0.441 e. The zero-order chi connectivity index (χ0) is 18.9. The number of carbonyl (C=O) groups is 2. The molecule has 1 fully saturated rings. The second kappa shape index (κ2) is 7.20. The first-order valence-electron chi connectivity index (χ1n) is 8.78. The lowest BCUT2D eigenvalue weighted by atomic mass is 10.0. The fraction of sp³-hybridized carbons (Fsp3) is 0.333. The number of hydrogen-bond acceptors (Lipinski definition) is 3. The van der Waals surface area contributed by atoms with Gasteiger partial charge in [-0.25, -0.2) is 9.69 Å². The Balaban J connectivity index is 1.97. The molecule has 3 rings (SSSR count). The van der Waals surface area contributed by atoms with Crippen molar-refractivity contribution >= 4 is 30.5 Å². The fourth-order valence-electron chi connectivity index (χ4n) is 3.19. The lowest BCUT2D eigenvalue weighted by Crippen LogP contribution is -2.46. The van der Waals surface area contributed by atoms with E-state index in [2.05, 4.69) is 24.3 Å². The first-order chi connectivity index (χ1) is 12.3. The fourth-order valence-corrected chi connectivity index (χ4v) is 5.72. The SMILES string of the molecule is C[C@H](C(=O)N1C(=O)OC(C)(C)[C@H]1C)P(c1ccccc1)c1ccccc1. The van der Waals surface area contributed by atoms with E-state index in [1.165, 1.54) is 4.90 Å². The third-order valence-electron chi connectivity index (χ3n) is 4.99. The lowest BCUT2D eigenvalue weighted by Gasteiger charge is -2.30. The molecule has 26 heavy (non-hydrogen) atoms. The van der Waals surface area contributed by atoms with Crippen molar-refractivity contribution in [2.75, 3.05) is 0 Å². The summed E-state index contributed by atoms with van der Waals surface area (Å²) in [4.78, 5) is 26.9. The minimum absolute atomic E-state index is 0.174. The van der Waals surface area contributed by atoms with Crippen LogP contribution in [0.25, 0.3) is 0 Å². The quantitative estimate of drug-likeness (QED) is 0.773. The predicted molar refractivity (Wildman–Crippen MR) is 105 cm³/mol. The van der Waals surface area contributed by atoms with E-state index in [1.807, 2.05) is 64.1 Å². The first-order valence-corrected chi connectivity index (χ1v) is 10.2. The van der Waals surface area contributed by atoms with Gasteiger partial charge < -0.3 is 4.74 Å². The monoisotopic (exact) mass is 369 g/mol. The van der Waals surface area contributed by atoms with Crippen LogP contribution < -0.4 is 10.6 Å². The number of ether oxygens (including phenoxy) is 1. The number of nitrogens with zero attached hydrogens (tertiary/aromatic N) is 1. The summed E-state index contributed by atoms with van der Waals surface area (Å²) in [5.41, 5.74) is -1.01. The highest BCUT2D eigenvalue weighted by Crippen LogP contribution is 2.42. The van der Waals surface area contributed by atoms with E-state index in [0.29, 0.717) is 0 Å². The van der Waals surface area contributed by atoms with Gasteiger partial charge in [0.2, 0.25) is 5.91 Å². The topological polar surface area (TPSA) is 46.6 Å². The van der Waals surface area contributed by atoms with Gasteiger partial charge in [0, 0.05) is 0 Å². The molecule has 1 aliphatic rings. The van der Waals surface area contributed by atoms with Gasteiger partial charge in [-0.1, -0.05) is 60.7 Å². The van der Waals surface area contributed by atoms with E-state index in [-0.39, 0.29) is 17.6 Å². The van der Waals surface area contributed by atoms with Crippen molar-refractivity contribution < 1.29 is 14.3 Å². The summed E-state index contributed by atoms with van der Waals surface area (Å²) in [7, 11) is -0.936. The summed E-state index contributed by atoms with van der Waals surface area (Å²) in [6, 6.07) is 19.8. The van der Waals surface area contributed by atoms with Crippen LogP contribution in [0.5, 0.6) is 0 Å². The molecular formula is C21H24NO3P. The molecule has 0 unspecified atom stereocenters. The highest BCUT2D eigenvalue weighted by molar-refractivity contribution is 7.74. The summed E-state index contributed by atoms with van der Waals surface area (Å²) in [5, 5.41) is 2.24. The van der Waals surface area contributed by atoms with Gasteiger partial charge >= 0.3 is 6.09 Å². The van der Waals surface area contributed by atoms with Crippen molar-refractivity contribution in [2.45, 2.75) is 45.0 Å². The van der Waals surface area contributed by atoms with Gasteiger partial charge in [0.25, 0.3) is 0 Å². The molecule has 0 saturated carbocycles. The van der Waals surface area contributed by atoms with Crippen LogP contribution >= 0.6 is 7.92 Å². The maximum absolute atomic E-state index is 13.3. The van der Waals surface area contributed by atoms with Gasteiger partial charge in [0.05, 0.1) is 11.7 Å². The van der Waals surface area contributed by atoms with Crippen LogP contribution in [-0.2, 0) is 9.53 Å². The number of hydrogen-bond donors (Lipinski definition) is 0. The van der Waals surface area contributed by atoms with Crippen molar-refractivity contribution in [1.29, 1.82) is 0 Å². The summed E-state index contributed by atoms with van der Waals surface area (Å²) >= 11 is 0. The summed E-state index contributed by atoms with van der Waals surface area (Å²) in [6.45, 7) is 7.46. The normalized spacial score (nSPS) is 20.1. The second-order valence-corrected chi connectivity index (χ2v) is 9.62. The van der Waals surface area contributed by atoms with Crippen LogP contribution in [0.1, 0.15) is 27.7 Å². The van der Waals surface area contributed by atoms with E-state index in [1.54, 1.807) is 0 Å². The van der Waals surface area contributed by atoms with Crippen LogP contribution in [-0.4, -0.2) is 34.2 Å². The number of cyclic esters (lactones) is 1. The Hall–Kier alpha value is -2.19. The Labute approximate surface area is 155 Å². The van der Waals surface area contributed by atoms with Gasteiger partial charge in [0.1, 0.15) is 5.60 Å². The largest absolute Gasteiger partial charge is 0.441 e. The molecule has 0 aliphatic carbocycles. The molecule has 2 aromatic carbocycles. The standard InChI is InChI=1S/C21H24NO3P/c1-15(19(23)22-16(2)21(3,4)25-20(22)24)26(17-11-7-5-8-12-17)18-13-9-6-10-14-18/h5-16H,1-4H3/t15-,16-/m1/s1. The molecule has 0 N–H and O–H groups in total. The number of rotatable bonds is 4. The molecule has 2 amide bonds. The number of imide groups is 1. The van der Waals surface area contributed by atoms with E-state index in [0.717, 1.165) is 10.6 Å². The molecule has 1 saturated heterocycles.